The van der Waals surface area contributed by atoms with Crippen LogP contribution in [0.15, 0.2) is 30.3 Å². The molecule has 0 bridgehead atoms. The molecular formula is C22H32O3. The molecule has 3 atom stereocenters. The SMILES string of the molecule is CC(C)(C)[C@H]1O[C@@H](CC(=O)c2ccccc2)C[C@H](C2CCCCC2)O1. The molecule has 2 fully saturated rings. The molecule has 3 heteroatoms. The molecule has 3 rings (SSSR count). The molecule has 1 saturated heterocycles. The third-order valence-electron chi connectivity index (χ3n) is 5.50. The van der Waals surface area contributed by atoms with Gasteiger partial charge in [0.2, 0.25) is 0 Å². The predicted octanol–water partition coefficient (Wildman–Crippen LogP) is 5.39. The number of carbonyl (C=O) groups excluding carboxylic acids is 1. The molecule has 0 N–H and O–H groups in total. The van der Waals surface area contributed by atoms with E-state index in [-0.39, 0.29) is 29.7 Å². The summed E-state index contributed by atoms with van der Waals surface area (Å²) in [7, 11) is 0. The van der Waals surface area contributed by atoms with E-state index in [9.17, 15) is 4.79 Å². The Morgan fingerprint density at radius 3 is 2.36 bits per heavy atom. The summed E-state index contributed by atoms with van der Waals surface area (Å²) in [5, 5.41) is 0. The Morgan fingerprint density at radius 1 is 1.04 bits per heavy atom. The Labute approximate surface area is 152 Å². The van der Waals surface area contributed by atoms with Crippen LogP contribution < -0.4 is 0 Å². The van der Waals surface area contributed by atoms with Crippen molar-refractivity contribution in [3.63, 3.8) is 0 Å². The van der Waals surface area contributed by atoms with E-state index in [1.807, 2.05) is 30.3 Å². The Kier molecular flexibility index (Phi) is 5.96. The second-order valence-corrected chi connectivity index (χ2v) is 8.76. The van der Waals surface area contributed by atoms with E-state index >= 15 is 0 Å². The summed E-state index contributed by atoms with van der Waals surface area (Å²) < 4.78 is 12.6. The van der Waals surface area contributed by atoms with Gasteiger partial charge in [-0.05, 0) is 18.8 Å². The summed E-state index contributed by atoms with van der Waals surface area (Å²) in [6.07, 6.45) is 7.70. The molecule has 0 amide bonds. The highest BCUT2D eigenvalue weighted by Gasteiger charge is 2.40. The zero-order chi connectivity index (χ0) is 17.9. The van der Waals surface area contributed by atoms with Crippen molar-refractivity contribution in [2.75, 3.05) is 0 Å². The average molecular weight is 344 g/mol. The quantitative estimate of drug-likeness (QED) is 0.687. The molecule has 0 unspecified atom stereocenters. The predicted molar refractivity (Wildman–Crippen MR) is 99.6 cm³/mol. The summed E-state index contributed by atoms with van der Waals surface area (Å²) in [6.45, 7) is 6.45. The van der Waals surface area contributed by atoms with Crippen LogP contribution in [0.1, 0.15) is 76.1 Å². The van der Waals surface area contributed by atoms with Gasteiger partial charge in [0.25, 0.3) is 0 Å². The first-order valence-electron chi connectivity index (χ1n) is 9.82. The Bertz CT molecular complexity index is 554. The number of hydrogen-bond donors (Lipinski definition) is 0. The van der Waals surface area contributed by atoms with Crippen molar-refractivity contribution in [3.05, 3.63) is 35.9 Å². The Hall–Kier alpha value is -1.19. The zero-order valence-electron chi connectivity index (χ0n) is 15.9. The van der Waals surface area contributed by atoms with E-state index in [0.29, 0.717) is 12.3 Å². The monoisotopic (exact) mass is 344 g/mol. The highest BCUT2D eigenvalue weighted by atomic mass is 16.7. The fourth-order valence-electron chi connectivity index (χ4n) is 4.03. The van der Waals surface area contributed by atoms with Crippen LogP contribution in [-0.2, 0) is 9.47 Å². The molecular weight excluding hydrogens is 312 g/mol. The number of ether oxygens (including phenoxy) is 2. The van der Waals surface area contributed by atoms with Crippen molar-refractivity contribution in [2.45, 2.75) is 84.2 Å². The molecule has 0 spiro atoms. The minimum Gasteiger partial charge on any atom is -0.348 e. The van der Waals surface area contributed by atoms with Crippen LogP contribution in [0.25, 0.3) is 0 Å². The Balaban J connectivity index is 1.69. The normalized spacial score (nSPS) is 28.7. The first-order chi connectivity index (χ1) is 11.9. The summed E-state index contributed by atoms with van der Waals surface area (Å²) in [4.78, 5) is 12.6. The van der Waals surface area contributed by atoms with E-state index in [1.165, 1.54) is 32.1 Å². The molecule has 1 heterocycles. The average Bonchev–Trinajstić information content (AvgIpc) is 2.62. The molecule has 3 nitrogen and oxygen atoms in total. The van der Waals surface area contributed by atoms with Gasteiger partial charge >= 0.3 is 0 Å². The molecule has 1 saturated carbocycles. The van der Waals surface area contributed by atoms with Crippen LogP contribution >= 0.6 is 0 Å². The first-order valence-corrected chi connectivity index (χ1v) is 9.82. The van der Waals surface area contributed by atoms with Gasteiger partial charge in [-0.2, -0.15) is 0 Å². The molecule has 0 aromatic heterocycles. The van der Waals surface area contributed by atoms with Crippen molar-refractivity contribution in [3.8, 4) is 0 Å². The standard InChI is InChI=1S/C22H32O3/c1-22(2,3)21-24-18(14-19(23)16-10-6-4-7-11-16)15-20(25-21)17-12-8-5-9-13-17/h4,6-7,10-11,17-18,20-21H,5,8-9,12-15H2,1-3H3/t18-,20+,21-/m0/s1. The lowest BCUT2D eigenvalue weighted by atomic mass is 9.81. The lowest BCUT2D eigenvalue weighted by molar-refractivity contribution is -0.288. The van der Waals surface area contributed by atoms with Gasteiger partial charge in [-0.15, -0.1) is 0 Å². The summed E-state index contributed by atoms with van der Waals surface area (Å²) in [5.41, 5.74) is 0.695. The van der Waals surface area contributed by atoms with E-state index < -0.39 is 0 Å². The van der Waals surface area contributed by atoms with Crippen LogP contribution in [0, 0.1) is 11.3 Å². The molecule has 138 valence electrons. The minimum absolute atomic E-state index is 0.0439. The number of ketones is 1. The lowest BCUT2D eigenvalue weighted by Gasteiger charge is -2.44. The van der Waals surface area contributed by atoms with Gasteiger partial charge in [-0.1, -0.05) is 70.4 Å². The number of benzene rings is 1. The van der Waals surface area contributed by atoms with Gasteiger partial charge < -0.3 is 9.47 Å². The fraction of sp³-hybridized carbons (Fsp3) is 0.682. The number of carbonyl (C=O) groups is 1. The van der Waals surface area contributed by atoms with Crippen molar-refractivity contribution >= 4 is 5.78 Å². The third-order valence-corrected chi connectivity index (χ3v) is 5.50. The van der Waals surface area contributed by atoms with Crippen molar-refractivity contribution in [1.29, 1.82) is 0 Å². The summed E-state index contributed by atoms with van der Waals surface area (Å²) >= 11 is 0. The van der Waals surface area contributed by atoms with Gasteiger partial charge in [0.1, 0.15) is 0 Å². The van der Waals surface area contributed by atoms with Crippen LogP contribution in [0.5, 0.6) is 0 Å². The molecule has 25 heavy (non-hydrogen) atoms. The molecule has 1 aromatic carbocycles. The second-order valence-electron chi connectivity index (χ2n) is 8.76. The largest absolute Gasteiger partial charge is 0.348 e. The molecule has 1 aromatic rings. The second kappa shape index (κ2) is 8.01. The van der Waals surface area contributed by atoms with Crippen LogP contribution in [0.4, 0.5) is 0 Å². The van der Waals surface area contributed by atoms with Gasteiger partial charge in [0.05, 0.1) is 12.2 Å². The number of hydrogen-bond acceptors (Lipinski definition) is 3. The van der Waals surface area contributed by atoms with Gasteiger partial charge in [0.15, 0.2) is 12.1 Å². The molecule has 1 aliphatic heterocycles. The zero-order valence-corrected chi connectivity index (χ0v) is 15.9. The van der Waals surface area contributed by atoms with Crippen molar-refractivity contribution in [2.24, 2.45) is 11.3 Å². The van der Waals surface area contributed by atoms with E-state index in [4.69, 9.17) is 9.47 Å². The number of rotatable bonds is 4. The third kappa shape index (κ3) is 4.92. The lowest BCUT2D eigenvalue weighted by Crippen LogP contribution is -2.47. The van der Waals surface area contributed by atoms with Crippen LogP contribution in [0.2, 0.25) is 0 Å². The molecule has 2 aliphatic rings. The van der Waals surface area contributed by atoms with Gasteiger partial charge in [-0.25, -0.2) is 0 Å². The fourth-order valence-corrected chi connectivity index (χ4v) is 4.03. The highest BCUT2D eigenvalue weighted by molar-refractivity contribution is 5.96. The number of Topliss-reactive ketones (excluding diaryl/α,β-unsaturated/α-hetero) is 1. The maximum Gasteiger partial charge on any atom is 0.165 e. The highest BCUT2D eigenvalue weighted by Crippen LogP contribution is 2.38. The summed E-state index contributed by atoms with van der Waals surface area (Å²) in [5.74, 6) is 0.791. The first kappa shape index (κ1) is 18.6. The van der Waals surface area contributed by atoms with Gasteiger partial charge in [0, 0.05) is 23.8 Å². The minimum atomic E-state index is -0.234. The maximum atomic E-state index is 12.6. The van der Waals surface area contributed by atoms with E-state index in [0.717, 1.165) is 12.0 Å². The van der Waals surface area contributed by atoms with Crippen molar-refractivity contribution in [1.82, 2.24) is 0 Å². The Morgan fingerprint density at radius 2 is 1.72 bits per heavy atom. The smallest absolute Gasteiger partial charge is 0.165 e. The molecule has 1 aliphatic carbocycles. The maximum absolute atomic E-state index is 12.6. The molecule has 0 radical (unpaired) electrons. The summed E-state index contributed by atoms with van der Waals surface area (Å²) in [6, 6.07) is 9.56. The van der Waals surface area contributed by atoms with Crippen LogP contribution in [0.3, 0.4) is 0 Å². The van der Waals surface area contributed by atoms with E-state index in [2.05, 4.69) is 20.8 Å². The topological polar surface area (TPSA) is 35.5 Å². The van der Waals surface area contributed by atoms with Crippen LogP contribution in [-0.4, -0.2) is 24.3 Å². The van der Waals surface area contributed by atoms with E-state index in [1.54, 1.807) is 0 Å². The van der Waals surface area contributed by atoms with Crippen molar-refractivity contribution < 1.29 is 14.3 Å². The van der Waals surface area contributed by atoms with Gasteiger partial charge in [-0.3, -0.25) is 4.79 Å².